The molecule has 1 aromatic rings. The van der Waals surface area contributed by atoms with Crippen LogP contribution in [0.25, 0.3) is 0 Å². The zero-order chi connectivity index (χ0) is 11.6. The molecule has 0 fully saturated rings. The van der Waals surface area contributed by atoms with Gasteiger partial charge in [-0.2, -0.15) is 0 Å². The smallest absolute Gasteiger partial charge is 0.271 e. The minimum absolute atomic E-state index is 0.0464. The molecule has 4 heteroatoms. The van der Waals surface area contributed by atoms with Gasteiger partial charge in [-0.15, -0.1) is 0 Å². The molecule has 0 N–H and O–H groups in total. The van der Waals surface area contributed by atoms with Gasteiger partial charge in [-0.1, -0.05) is 6.07 Å². The lowest BCUT2D eigenvalue weighted by atomic mass is 10.1. The maximum absolute atomic E-state index is 10.6. The van der Waals surface area contributed by atoms with E-state index >= 15 is 0 Å². The number of rotatable bonds is 2. The average Bonchev–Trinajstić information content (AvgIpc) is 2.15. The third-order valence-electron chi connectivity index (χ3n) is 2.43. The van der Waals surface area contributed by atoms with Crippen molar-refractivity contribution in [2.75, 3.05) is 11.9 Å². The quantitative estimate of drug-likeness (QED) is 0.554. The lowest BCUT2D eigenvalue weighted by molar-refractivity contribution is -0.384. The van der Waals surface area contributed by atoms with Gasteiger partial charge in [0.1, 0.15) is 0 Å². The van der Waals surface area contributed by atoms with E-state index in [0.717, 1.165) is 5.69 Å². The molecule has 15 heavy (non-hydrogen) atoms. The van der Waals surface area contributed by atoms with Crippen molar-refractivity contribution in [3.05, 3.63) is 34.4 Å². The predicted octanol–water partition coefficient (Wildman–Crippen LogP) is 2.83. The first-order valence-electron chi connectivity index (χ1n) is 4.80. The monoisotopic (exact) mass is 208 g/mol. The Morgan fingerprint density at radius 1 is 1.33 bits per heavy atom. The minimum Gasteiger partial charge on any atom is -0.370 e. The highest BCUT2D eigenvalue weighted by molar-refractivity contribution is 5.54. The summed E-state index contributed by atoms with van der Waals surface area (Å²) in [6, 6.07) is 6.67. The molecule has 0 atom stereocenters. The summed E-state index contributed by atoms with van der Waals surface area (Å²) >= 11 is 0. The van der Waals surface area contributed by atoms with Gasteiger partial charge in [0.15, 0.2) is 0 Å². The van der Waals surface area contributed by atoms with Crippen LogP contribution < -0.4 is 4.90 Å². The molecule has 0 spiro atoms. The molecule has 0 radical (unpaired) electrons. The molecule has 1 aromatic carbocycles. The van der Waals surface area contributed by atoms with Crippen LogP contribution in [-0.4, -0.2) is 17.5 Å². The van der Waals surface area contributed by atoms with E-state index in [1.54, 1.807) is 12.1 Å². The highest BCUT2D eigenvalue weighted by Crippen LogP contribution is 2.25. The summed E-state index contributed by atoms with van der Waals surface area (Å²) in [4.78, 5) is 12.3. The van der Waals surface area contributed by atoms with Gasteiger partial charge >= 0.3 is 0 Å². The Morgan fingerprint density at radius 2 is 1.93 bits per heavy atom. The largest absolute Gasteiger partial charge is 0.370 e. The van der Waals surface area contributed by atoms with Crippen molar-refractivity contribution in [2.45, 2.75) is 26.3 Å². The van der Waals surface area contributed by atoms with Gasteiger partial charge in [0, 0.05) is 30.4 Å². The van der Waals surface area contributed by atoms with Crippen LogP contribution in [0.5, 0.6) is 0 Å². The number of nitro benzene ring substituents is 1. The summed E-state index contributed by atoms with van der Waals surface area (Å²) in [6.45, 7) is 6.18. The van der Waals surface area contributed by atoms with E-state index in [-0.39, 0.29) is 16.1 Å². The topological polar surface area (TPSA) is 46.4 Å². The van der Waals surface area contributed by atoms with Gasteiger partial charge in [-0.3, -0.25) is 10.1 Å². The van der Waals surface area contributed by atoms with Crippen molar-refractivity contribution in [1.29, 1.82) is 0 Å². The third kappa shape index (κ3) is 2.68. The van der Waals surface area contributed by atoms with Gasteiger partial charge < -0.3 is 4.90 Å². The zero-order valence-corrected chi connectivity index (χ0v) is 9.52. The standard InChI is InChI=1S/C11H16N2O2/c1-11(2,3)12(4)9-6-5-7-10(8-9)13(14)15/h5-8H,1-4H3. The summed E-state index contributed by atoms with van der Waals surface area (Å²) in [5.74, 6) is 0. The molecule has 0 unspecified atom stereocenters. The Bertz CT molecular complexity index is 369. The van der Waals surface area contributed by atoms with Gasteiger partial charge in [0.25, 0.3) is 5.69 Å². The molecular formula is C11H16N2O2. The Morgan fingerprint density at radius 3 is 2.40 bits per heavy atom. The van der Waals surface area contributed by atoms with Crippen LogP contribution in [0.2, 0.25) is 0 Å². The number of hydrogen-bond donors (Lipinski definition) is 0. The summed E-state index contributed by atoms with van der Waals surface area (Å²) in [7, 11) is 1.93. The fraction of sp³-hybridized carbons (Fsp3) is 0.455. The second-order valence-electron chi connectivity index (χ2n) is 4.51. The molecule has 0 saturated heterocycles. The van der Waals surface area contributed by atoms with Crippen LogP contribution in [0.1, 0.15) is 20.8 Å². The van der Waals surface area contributed by atoms with Crippen molar-refractivity contribution in [1.82, 2.24) is 0 Å². The highest BCUT2D eigenvalue weighted by Gasteiger charge is 2.18. The maximum atomic E-state index is 10.6. The molecule has 0 amide bonds. The van der Waals surface area contributed by atoms with E-state index in [1.165, 1.54) is 6.07 Å². The third-order valence-corrected chi connectivity index (χ3v) is 2.43. The molecule has 0 bridgehead atoms. The average molecular weight is 208 g/mol. The number of nitrogens with zero attached hydrogens (tertiary/aromatic N) is 2. The van der Waals surface area contributed by atoms with Gasteiger partial charge in [0.2, 0.25) is 0 Å². The first-order valence-corrected chi connectivity index (χ1v) is 4.80. The second-order valence-corrected chi connectivity index (χ2v) is 4.51. The van der Waals surface area contributed by atoms with Crippen LogP contribution in [0, 0.1) is 10.1 Å². The van der Waals surface area contributed by atoms with Crippen molar-refractivity contribution >= 4 is 11.4 Å². The van der Waals surface area contributed by atoms with Crippen LogP contribution in [0.3, 0.4) is 0 Å². The van der Waals surface area contributed by atoms with Crippen molar-refractivity contribution < 1.29 is 4.92 Å². The Kier molecular flexibility index (Phi) is 2.98. The molecule has 1 rings (SSSR count). The van der Waals surface area contributed by atoms with Crippen LogP contribution >= 0.6 is 0 Å². The first-order chi connectivity index (χ1) is 6.82. The minimum atomic E-state index is -0.375. The van der Waals surface area contributed by atoms with Gasteiger partial charge in [-0.05, 0) is 26.8 Å². The Labute approximate surface area is 89.7 Å². The molecule has 0 heterocycles. The molecular weight excluding hydrogens is 192 g/mol. The molecule has 0 aromatic heterocycles. The fourth-order valence-electron chi connectivity index (χ4n) is 1.20. The summed E-state index contributed by atoms with van der Waals surface area (Å²) in [5.41, 5.74) is 0.940. The second kappa shape index (κ2) is 3.88. The maximum Gasteiger partial charge on any atom is 0.271 e. The molecule has 4 nitrogen and oxygen atoms in total. The number of nitro groups is 1. The van der Waals surface area contributed by atoms with Crippen molar-refractivity contribution in [2.24, 2.45) is 0 Å². The van der Waals surface area contributed by atoms with E-state index < -0.39 is 0 Å². The van der Waals surface area contributed by atoms with Crippen molar-refractivity contribution in [3.63, 3.8) is 0 Å². The number of benzene rings is 1. The molecule has 0 saturated carbocycles. The van der Waals surface area contributed by atoms with Crippen LogP contribution in [0.15, 0.2) is 24.3 Å². The number of anilines is 1. The van der Waals surface area contributed by atoms with E-state index in [1.807, 2.05) is 18.0 Å². The first kappa shape index (κ1) is 11.5. The highest BCUT2D eigenvalue weighted by atomic mass is 16.6. The van der Waals surface area contributed by atoms with E-state index in [4.69, 9.17) is 0 Å². The summed E-state index contributed by atoms with van der Waals surface area (Å²) in [6.07, 6.45) is 0. The SMILES string of the molecule is CN(c1cccc([N+](=O)[O-])c1)C(C)(C)C. The Balaban J connectivity index is 3.06. The van der Waals surface area contributed by atoms with Gasteiger partial charge in [-0.25, -0.2) is 0 Å². The molecule has 0 aliphatic carbocycles. The number of non-ortho nitro benzene ring substituents is 1. The predicted molar refractivity (Wildman–Crippen MR) is 61.3 cm³/mol. The van der Waals surface area contributed by atoms with E-state index in [9.17, 15) is 10.1 Å². The lowest BCUT2D eigenvalue weighted by Gasteiger charge is -2.33. The van der Waals surface area contributed by atoms with Crippen molar-refractivity contribution in [3.8, 4) is 0 Å². The van der Waals surface area contributed by atoms with Crippen LogP contribution in [-0.2, 0) is 0 Å². The van der Waals surface area contributed by atoms with E-state index in [2.05, 4.69) is 20.8 Å². The lowest BCUT2D eigenvalue weighted by Crippen LogP contribution is -2.37. The molecule has 0 aliphatic heterocycles. The summed E-state index contributed by atoms with van der Waals surface area (Å²) < 4.78 is 0. The molecule has 82 valence electrons. The van der Waals surface area contributed by atoms with Gasteiger partial charge in [0.05, 0.1) is 4.92 Å². The van der Waals surface area contributed by atoms with E-state index in [0.29, 0.717) is 0 Å². The number of hydrogen-bond acceptors (Lipinski definition) is 3. The zero-order valence-electron chi connectivity index (χ0n) is 9.52. The molecule has 0 aliphatic rings. The van der Waals surface area contributed by atoms with Crippen LogP contribution in [0.4, 0.5) is 11.4 Å². The summed E-state index contributed by atoms with van der Waals surface area (Å²) in [5, 5.41) is 10.6. The normalized spacial score (nSPS) is 11.2. The Hall–Kier alpha value is -1.58. The fourth-order valence-corrected chi connectivity index (χ4v) is 1.20.